The van der Waals surface area contributed by atoms with Crippen LogP contribution in [0.5, 0.6) is 0 Å². The Balaban J connectivity index is 1.51. The summed E-state index contributed by atoms with van der Waals surface area (Å²) in [4.78, 5) is 25.2. The predicted octanol–water partition coefficient (Wildman–Crippen LogP) is 5.56. The van der Waals surface area contributed by atoms with Gasteiger partial charge in [0.25, 0.3) is 5.91 Å². The van der Waals surface area contributed by atoms with Gasteiger partial charge in [-0.05, 0) is 88.8 Å². The van der Waals surface area contributed by atoms with Gasteiger partial charge < -0.3 is 20.4 Å². The maximum Gasteiger partial charge on any atom is 0.287 e. The van der Waals surface area contributed by atoms with Crippen LogP contribution in [0.2, 0.25) is 5.02 Å². The van der Waals surface area contributed by atoms with Gasteiger partial charge in [0.15, 0.2) is 5.76 Å². The highest BCUT2D eigenvalue weighted by Gasteiger charge is 2.32. The van der Waals surface area contributed by atoms with Gasteiger partial charge in [-0.15, -0.1) is 0 Å². The van der Waals surface area contributed by atoms with Gasteiger partial charge in [-0.2, -0.15) is 0 Å². The molecule has 0 unspecified atom stereocenters. The third-order valence-corrected chi connectivity index (χ3v) is 6.51. The molecule has 1 aromatic carbocycles. The summed E-state index contributed by atoms with van der Waals surface area (Å²) < 4.78 is 5.67. The molecule has 7 heteroatoms. The average molecular weight is 488 g/mol. The van der Waals surface area contributed by atoms with Crippen LogP contribution in [0.1, 0.15) is 76.8 Å². The molecule has 1 saturated carbocycles. The Morgan fingerprint density at radius 3 is 2.50 bits per heavy atom. The van der Waals surface area contributed by atoms with Crippen LogP contribution in [0.3, 0.4) is 0 Å². The molecule has 0 bridgehead atoms. The van der Waals surface area contributed by atoms with E-state index in [0.29, 0.717) is 22.7 Å². The lowest BCUT2D eigenvalue weighted by Gasteiger charge is -2.40. The summed E-state index contributed by atoms with van der Waals surface area (Å²) in [7, 11) is 0. The summed E-state index contributed by atoms with van der Waals surface area (Å²) >= 11 is 5.93. The topological polar surface area (TPSA) is 83.4 Å². The number of hydrogen-bond acceptors (Lipinski definition) is 4. The molecule has 2 amide bonds. The van der Waals surface area contributed by atoms with Crippen molar-refractivity contribution in [3.63, 3.8) is 0 Å². The van der Waals surface area contributed by atoms with Gasteiger partial charge in [-0.3, -0.25) is 9.59 Å². The van der Waals surface area contributed by atoms with Crippen LogP contribution < -0.4 is 16.0 Å². The van der Waals surface area contributed by atoms with Crippen molar-refractivity contribution < 1.29 is 14.0 Å². The van der Waals surface area contributed by atoms with Gasteiger partial charge in [-0.25, -0.2) is 0 Å². The van der Waals surface area contributed by atoms with E-state index in [-0.39, 0.29) is 29.8 Å². The summed E-state index contributed by atoms with van der Waals surface area (Å²) in [6, 6.07) is 11.2. The van der Waals surface area contributed by atoms with Crippen molar-refractivity contribution in [1.82, 2.24) is 16.0 Å². The molecule has 2 aromatic rings. The Hall–Kier alpha value is -2.31. The maximum absolute atomic E-state index is 12.7. The summed E-state index contributed by atoms with van der Waals surface area (Å²) in [5.41, 5.74) is 0.912. The van der Waals surface area contributed by atoms with Gasteiger partial charge in [0.2, 0.25) is 5.91 Å². The number of furan rings is 1. The molecule has 0 aliphatic heterocycles. The van der Waals surface area contributed by atoms with Crippen molar-refractivity contribution >= 4 is 23.4 Å². The highest BCUT2D eigenvalue weighted by Crippen LogP contribution is 2.30. The first-order valence-corrected chi connectivity index (χ1v) is 12.7. The Morgan fingerprint density at radius 1 is 1.09 bits per heavy atom. The number of carbonyl (C=O) groups excluding carboxylic acids is 2. The van der Waals surface area contributed by atoms with Crippen LogP contribution in [0.25, 0.3) is 11.3 Å². The molecule has 1 aliphatic rings. The lowest BCUT2D eigenvalue weighted by atomic mass is 9.78. The molecule has 0 spiro atoms. The first-order chi connectivity index (χ1) is 16.1. The molecule has 3 N–H and O–H groups in total. The van der Waals surface area contributed by atoms with Crippen molar-refractivity contribution in [1.29, 1.82) is 0 Å². The number of rotatable bonds is 9. The second kappa shape index (κ2) is 11.9. The van der Waals surface area contributed by atoms with Gasteiger partial charge >= 0.3 is 0 Å². The van der Waals surface area contributed by atoms with E-state index >= 15 is 0 Å². The van der Waals surface area contributed by atoms with E-state index in [4.69, 9.17) is 16.0 Å². The smallest absolute Gasteiger partial charge is 0.287 e. The zero-order chi connectivity index (χ0) is 24.7. The average Bonchev–Trinajstić information content (AvgIpc) is 3.27. The Labute approximate surface area is 208 Å². The molecule has 0 radical (unpaired) electrons. The zero-order valence-electron chi connectivity index (χ0n) is 20.7. The van der Waals surface area contributed by atoms with Crippen molar-refractivity contribution in [2.45, 2.75) is 83.8 Å². The first-order valence-electron chi connectivity index (χ1n) is 12.4. The molecule has 6 nitrogen and oxygen atoms in total. The molecular weight excluding hydrogens is 450 g/mol. The van der Waals surface area contributed by atoms with Gasteiger partial charge in [-0.1, -0.05) is 31.4 Å². The van der Waals surface area contributed by atoms with E-state index in [9.17, 15) is 9.59 Å². The van der Waals surface area contributed by atoms with Crippen LogP contribution in [0.4, 0.5) is 0 Å². The molecule has 1 heterocycles. The van der Waals surface area contributed by atoms with Crippen molar-refractivity contribution in [3.05, 3.63) is 47.2 Å². The summed E-state index contributed by atoms with van der Waals surface area (Å²) in [6.07, 6.45) is 6.46. The van der Waals surface area contributed by atoms with E-state index in [1.165, 1.54) is 0 Å². The number of unbranched alkanes of at least 4 members (excludes halogenated alkanes) is 1. The van der Waals surface area contributed by atoms with Gasteiger partial charge in [0, 0.05) is 28.2 Å². The monoisotopic (exact) mass is 487 g/mol. The largest absolute Gasteiger partial charge is 0.451 e. The van der Waals surface area contributed by atoms with E-state index < -0.39 is 5.91 Å². The van der Waals surface area contributed by atoms with Crippen molar-refractivity contribution in [3.8, 4) is 11.3 Å². The van der Waals surface area contributed by atoms with Crippen LogP contribution in [-0.4, -0.2) is 36.0 Å². The Morgan fingerprint density at radius 2 is 1.82 bits per heavy atom. The first kappa shape index (κ1) is 26.3. The highest BCUT2D eigenvalue weighted by atomic mass is 35.5. The minimum Gasteiger partial charge on any atom is -0.451 e. The van der Waals surface area contributed by atoms with Gasteiger partial charge in [0.05, 0.1) is 6.54 Å². The van der Waals surface area contributed by atoms with Crippen LogP contribution in [0, 0.1) is 5.92 Å². The number of carbonyl (C=O) groups is 2. The quantitative estimate of drug-likeness (QED) is 0.432. The van der Waals surface area contributed by atoms with Crippen LogP contribution in [0.15, 0.2) is 40.8 Å². The number of benzene rings is 1. The Bertz CT molecular complexity index is 949. The Kier molecular flexibility index (Phi) is 9.20. The number of nitrogens with one attached hydrogen (secondary N) is 3. The van der Waals surface area contributed by atoms with Crippen LogP contribution >= 0.6 is 11.6 Å². The predicted molar refractivity (Wildman–Crippen MR) is 137 cm³/mol. The second-order valence-corrected chi connectivity index (χ2v) is 10.8. The van der Waals surface area contributed by atoms with Gasteiger partial charge in [0.1, 0.15) is 5.76 Å². The maximum atomic E-state index is 12.7. The molecular formula is C27H38ClN3O3. The fourth-order valence-corrected chi connectivity index (χ4v) is 4.84. The zero-order valence-corrected chi connectivity index (χ0v) is 21.5. The van der Waals surface area contributed by atoms with E-state index in [2.05, 4.69) is 43.6 Å². The minimum atomic E-state index is -0.406. The summed E-state index contributed by atoms with van der Waals surface area (Å²) in [6.45, 7) is 8.71. The molecule has 3 atom stereocenters. The van der Waals surface area contributed by atoms with E-state index in [1.807, 2.05) is 12.1 Å². The molecule has 34 heavy (non-hydrogen) atoms. The fraction of sp³-hybridized carbons (Fsp3) is 0.556. The third kappa shape index (κ3) is 7.88. The van der Waals surface area contributed by atoms with Crippen molar-refractivity contribution in [2.75, 3.05) is 6.54 Å². The van der Waals surface area contributed by atoms with E-state index in [0.717, 1.165) is 44.1 Å². The summed E-state index contributed by atoms with van der Waals surface area (Å²) in [5.74, 6) is 0.626. The van der Waals surface area contributed by atoms with E-state index in [1.54, 1.807) is 24.3 Å². The molecule has 0 saturated heterocycles. The number of amides is 2. The SMILES string of the molecule is CCCC[C@@H]1C[C@H](NC(C)(C)C)CC[C@@H]1NC(=O)CNC(=O)c1ccc(-c2ccc(Cl)cc2)o1. The highest BCUT2D eigenvalue weighted by molar-refractivity contribution is 6.30. The summed E-state index contributed by atoms with van der Waals surface area (Å²) in [5, 5.41) is 10.2. The fourth-order valence-electron chi connectivity index (χ4n) is 4.72. The third-order valence-electron chi connectivity index (χ3n) is 6.26. The minimum absolute atomic E-state index is 0.0729. The van der Waals surface area contributed by atoms with Crippen LogP contribution in [-0.2, 0) is 4.79 Å². The number of hydrogen-bond donors (Lipinski definition) is 3. The molecule has 1 aromatic heterocycles. The standard InChI is InChI=1S/C27H38ClN3O3/c1-5-6-7-19-16-21(31-27(2,3)4)12-13-22(19)30-25(32)17-29-26(33)24-15-14-23(34-24)18-8-10-20(28)11-9-18/h8-11,14-15,19,21-22,31H,5-7,12-13,16-17H2,1-4H3,(H,29,33)(H,30,32)/t19-,21-,22+/m1/s1. The normalized spacial score (nSPS) is 20.7. The molecule has 1 aliphatic carbocycles. The van der Waals surface area contributed by atoms with Crippen molar-refractivity contribution in [2.24, 2.45) is 5.92 Å². The lowest BCUT2D eigenvalue weighted by Crippen LogP contribution is -2.52. The number of halogens is 1. The molecule has 186 valence electrons. The molecule has 1 fully saturated rings. The second-order valence-electron chi connectivity index (χ2n) is 10.3. The molecule has 3 rings (SSSR count). The lowest BCUT2D eigenvalue weighted by molar-refractivity contribution is -0.121.